The first kappa shape index (κ1) is 26.3. The van der Waals surface area contributed by atoms with Crippen molar-refractivity contribution < 1.29 is 14.7 Å². The second kappa shape index (κ2) is 11.0. The van der Waals surface area contributed by atoms with Gasteiger partial charge < -0.3 is 15.7 Å². The Kier molecular flexibility index (Phi) is 8.23. The molecule has 0 saturated carbocycles. The highest BCUT2D eigenvalue weighted by molar-refractivity contribution is 6.31. The number of carbonyl (C=O) groups is 2. The summed E-state index contributed by atoms with van der Waals surface area (Å²) in [6, 6.07) is 17.5. The van der Waals surface area contributed by atoms with Crippen molar-refractivity contribution in [2.75, 3.05) is 5.32 Å². The van der Waals surface area contributed by atoms with Gasteiger partial charge in [-0.3, -0.25) is 9.59 Å². The van der Waals surface area contributed by atoms with Crippen molar-refractivity contribution in [1.82, 2.24) is 5.32 Å². The molecule has 0 aromatic heterocycles. The lowest BCUT2D eigenvalue weighted by Crippen LogP contribution is -2.38. The van der Waals surface area contributed by atoms with E-state index in [0.29, 0.717) is 11.5 Å². The second-order valence-electron chi connectivity index (χ2n) is 9.47. The first-order valence-electron chi connectivity index (χ1n) is 11.8. The summed E-state index contributed by atoms with van der Waals surface area (Å²) >= 11 is 6.24. The van der Waals surface area contributed by atoms with Crippen molar-refractivity contribution in [3.05, 3.63) is 87.4 Å². The molecule has 0 aliphatic heterocycles. The number of carboxylic acid groups (broad SMARTS) is 1. The molecule has 2 atom stereocenters. The van der Waals surface area contributed by atoms with Crippen molar-refractivity contribution in [3.63, 3.8) is 0 Å². The van der Waals surface area contributed by atoms with Gasteiger partial charge in [-0.1, -0.05) is 61.8 Å². The topological polar surface area (TPSA) is 78.4 Å². The predicted molar refractivity (Wildman–Crippen MR) is 143 cm³/mol. The monoisotopic (exact) mass is 492 g/mol. The van der Waals surface area contributed by atoms with E-state index in [0.717, 1.165) is 38.5 Å². The van der Waals surface area contributed by atoms with Crippen LogP contribution in [-0.4, -0.2) is 23.0 Å². The number of halogens is 1. The normalized spacial score (nSPS) is 12.8. The predicted octanol–water partition coefficient (Wildman–Crippen LogP) is 6.94. The maximum atomic E-state index is 12.7. The molecule has 5 nitrogen and oxygen atoms in total. The number of aliphatic carboxylic acids is 1. The highest BCUT2D eigenvalue weighted by Crippen LogP contribution is 2.32. The van der Waals surface area contributed by atoms with Gasteiger partial charge in [-0.05, 0) is 85.2 Å². The highest BCUT2D eigenvalue weighted by Gasteiger charge is 2.20. The second-order valence-corrected chi connectivity index (χ2v) is 9.88. The maximum absolute atomic E-state index is 12.7. The third kappa shape index (κ3) is 6.23. The minimum Gasteiger partial charge on any atom is -0.480 e. The summed E-state index contributed by atoms with van der Waals surface area (Å²) in [5, 5.41) is 16.1. The molecule has 0 aliphatic carbocycles. The molecule has 3 rings (SSSR count). The van der Waals surface area contributed by atoms with E-state index >= 15 is 0 Å². The fourth-order valence-corrected chi connectivity index (χ4v) is 4.40. The average Bonchev–Trinajstić information content (AvgIpc) is 2.78. The molecular formula is C29H33ClN2O3. The number of rotatable bonds is 8. The average molecular weight is 493 g/mol. The summed E-state index contributed by atoms with van der Waals surface area (Å²) in [6.07, 6.45) is 0. The standard InChI is InChI=1S/C29H33ClN2O3/c1-16(2)27(22-10-11-25(30)17(3)12-22)32-24-9-7-8-21(15-24)23-13-18(4)26(19(5)14-23)28(33)31-20(6)29(34)35/h7-16,20,27,32H,1-6H3,(H,31,33)(H,34,35)/t20-,27?/m0/s1. The molecule has 0 fully saturated rings. The van der Waals surface area contributed by atoms with E-state index in [1.807, 2.05) is 51.1 Å². The van der Waals surface area contributed by atoms with E-state index in [2.05, 4.69) is 48.7 Å². The number of carboxylic acids is 1. The van der Waals surface area contributed by atoms with Gasteiger partial charge in [-0.25, -0.2) is 0 Å². The van der Waals surface area contributed by atoms with Crippen LogP contribution in [-0.2, 0) is 4.79 Å². The molecule has 0 saturated heterocycles. The van der Waals surface area contributed by atoms with Gasteiger partial charge in [0.25, 0.3) is 5.91 Å². The van der Waals surface area contributed by atoms with Crippen molar-refractivity contribution in [2.24, 2.45) is 5.92 Å². The first-order valence-corrected chi connectivity index (χ1v) is 12.1. The van der Waals surface area contributed by atoms with Crippen LogP contribution in [0.25, 0.3) is 11.1 Å². The van der Waals surface area contributed by atoms with Crippen LogP contribution in [0.15, 0.2) is 54.6 Å². The van der Waals surface area contributed by atoms with Gasteiger partial charge in [-0.15, -0.1) is 0 Å². The van der Waals surface area contributed by atoms with E-state index in [4.69, 9.17) is 16.7 Å². The lowest BCUT2D eigenvalue weighted by Gasteiger charge is -2.25. The van der Waals surface area contributed by atoms with E-state index in [9.17, 15) is 9.59 Å². The molecule has 1 unspecified atom stereocenters. The molecule has 0 bridgehead atoms. The Morgan fingerprint density at radius 3 is 2.09 bits per heavy atom. The Bertz CT molecular complexity index is 1230. The fourth-order valence-electron chi connectivity index (χ4n) is 4.28. The van der Waals surface area contributed by atoms with E-state index in [1.54, 1.807) is 0 Å². The molecule has 3 aromatic rings. The maximum Gasteiger partial charge on any atom is 0.325 e. The zero-order valence-electron chi connectivity index (χ0n) is 21.1. The molecule has 0 aliphatic rings. The van der Waals surface area contributed by atoms with Crippen molar-refractivity contribution in [1.29, 1.82) is 0 Å². The minimum absolute atomic E-state index is 0.118. The molecule has 184 valence electrons. The first-order chi connectivity index (χ1) is 16.5. The Morgan fingerprint density at radius 2 is 1.51 bits per heavy atom. The quantitative estimate of drug-likeness (QED) is 0.318. The molecule has 35 heavy (non-hydrogen) atoms. The summed E-state index contributed by atoms with van der Waals surface area (Å²) in [6.45, 7) is 11.6. The summed E-state index contributed by atoms with van der Waals surface area (Å²) in [5.74, 6) is -1.09. The third-order valence-electron chi connectivity index (χ3n) is 6.20. The summed E-state index contributed by atoms with van der Waals surface area (Å²) < 4.78 is 0. The molecule has 0 radical (unpaired) electrons. The van der Waals surface area contributed by atoms with Crippen LogP contribution in [0.2, 0.25) is 5.02 Å². The van der Waals surface area contributed by atoms with E-state index in [-0.39, 0.29) is 11.9 Å². The fraction of sp³-hybridized carbons (Fsp3) is 0.310. The number of aryl methyl sites for hydroxylation is 3. The van der Waals surface area contributed by atoms with Crippen molar-refractivity contribution in [3.8, 4) is 11.1 Å². The largest absolute Gasteiger partial charge is 0.480 e. The SMILES string of the molecule is Cc1cc(C(Nc2cccc(-c3cc(C)c(C(=O)N[C@@H](C)C(=O)O)c(C)c3)c2)C(C)C)ccc1Cl. The molecular weight excluding hydrogens is 460 g/mol. The number of anilines is 1. The zero-order chi connectivity index (χ0) is 25.9. The van der Waals surface area contributed by atoms with Gasteiger partial charge in [0.05, 0.1) is 6.04 Å². The third-order valence-corrected chi connectivity index (χ3v) is 6.63. The summed E-state index contributed by atoms with van der Waals surface area (Å²) in [7, 11) is 0. The smallest absolute Gasteiger partial charge is 0.325 e. The van der Waals surface area contributed by atoms with Crippen LogP contribution < -0.4 is 10.6 Å². The molecule has 3 aromatic carbocycles. The van der Waals surface area contributed by atoms with Crippen LogP contribution in [0.1, 0.15) is 59.4 Å². The Hall–Kier alpha value is -3.31. The Balaban J connectivity index is 1.89. The number of benzene rings is 3. The number of hydrogen-bond acceptors (Lipinski definition) is 3. The van der Waals surface area contributed by atoms with Crippen LogP contribution in [0, 0.1) is 26.7 Å². The molecule has 6 heteroatoms. The minimum atomic E-state index is -1.07. The molecule has 0 spiro atoms. The van der Waals surface area contributed by atoms with Gasteiger partial charge in [0.15, 0.2) is 0 Å². The van der Waals surface area contributed by atoms with Crippen molar-refractivity contribution in [2.45, 2.75) is 53.6 Å². The van der Waals surface area contributed by atoms with Crippen LogP contribution in [0.5, 0.6) is 0 Å². The molecule has 1 amide bonds. The van der Waals surface area contributed by atoms with E-state index in [1.165, 1.54) is 12.5 Å². The zero-order valence-corrected chi connectivity index (χ0v) is 21.8. The van der Waals surface area contributed by atoms with Gasteiger partial charge >= 0.3 is 5.97 Å². The molecule has 0 heterocycles. The van der Waals surface area contributed by atoms with Crippen LogP contribution in [0.3, 0.4) is 0 Å². The summed E-state index contributed by atoms with van der Waals surface area (Å²) in [5.41, 5.74) is 7.37. The Labute approximate surface area is 212 Å². The van der Waals surface area contributed by atoms with Crippen LogP contribution >= 0.6 is 11.6 Å². The van der Waals surface area contributed by atoms with Gasteiger partial charge in [0, 0.05) is 16.3 Å². The van der Waals surface area contributed by atoms with Crippen molar-refractivity contribution >= 4 is 29.2 Å². The number of nitrogens with one attached hydrogen (secondary N) is 2. The summed E-state index contributed by atoms with van der Waals surface area (Å²) in [4.78, 5) is 23.8. The highest BCUT2D eigenvalue weighted by atomic mass is 35.5. The number of hydrogen-bond donors (Lipinski definition) is 3. The van der Waals surface area contributed by atoms with Gasteiger partial charge in [0.2, 0.25) is 0 Å². The lowest BCUT2D eigenvalue weighted by atomic mass is 9.93. The molecule has 3 N–H and O–H groups in total. The Morgan fingerprint density at radius 1 is 0.857 bits per heavy atom. The number of amides is 1. The van der Waals surface area contributed by atoms with E-state index < -0.39 is 12.0 Å². The van der Waals surface area contributed by atoms with Crippen LogP contribution in [0.4, 0.5) is 5.69 Å². The number of carbonyl (C=O) groups excluding carboxylic acids is 1. The van der Waals surface area contributed by atoms with Gasteiger partial charge in [0.1, 0.15) is 6.04 Å². The van der Waals surface area contributed by atoms with Gasteiger partial charge in [-0.2, -0.15) is 0 Å². The lowest BCUT2D eigenvalue weighted by molar-refractivity contribution is -0.138.